The molecular formula is C16H18O. The van der Waals surface area contributed by atoms with Crippen molar-refractivity contribution in [2.24, 2.45) is 0 Å². The maximum atomic E-state index is 6.02. The maximum Gasteiger partial charge on any atom is 0.0805 e. The lowest BCUT2D eigenvalue weighted by Gasteiger charge is -2.19. The van der Waals surface area contributed by atoms with Gasteiger partial charge in [-0.05, 0) is 25.0 Å². The smallest absolute Gasteiger partial charge is 0.0805 e. The molecular weight excluding hydrogens is 208 g/mol. The van der Waals surface area contributed by atoms with Crippen LogP contribution in [0, 0.1) is 0 Å². The fourth-order valence-corrected chi connectivity index (χ4v) is 1.91. The van der Waals surface area contributed by atoms with E-state index in [1.165, 1.54) is 11.1 Å². The maximum absolute atomic E-state index is 6.02. The van der Waals surface area contributed by atoms with E-state index >= 15 is 0 Å². The molecule has 0 radical (unpaired) electrons. The minimum absolute atomic E-state index is 0.117. The first-order chi connectivity index (χ1) is 8.27. The lowest BCUT2D eigenvalue weighted by molar-refractivity contribution is 0.00586. The van der Waals surface area contributed by atoms with Crippen molar-refractivity contribution in [2.75, 3.05) is 0 Å². The van der Waals surface area contributed by atoms with Crippen molar-refractivity contribution in [3.8, 4) is 0 Å². The molecule has 2 atom stereocenters. The lowest BCUT2D eigenvalue weighted by Crippen LogP contribution is -2.04. The van der Waals surface area contributed by atoms with Gasteiger partial charge in [0.15, 0.2) is 0 Å². The predicted molar refractivity (Wildman–Crippen MR) is 70.8 cm³/mol. The van der Waals surface area contributed by atoms with E-state index in [2.05, 4.69) is 38.1 Å². The Kier molecular flexibility index (Phi) is 3.94. The summed E-state index contributed by atoms with van der Waals surface area (Å²) in [7, 11) is 0. The molecule has 0 aliphatic heterocycles. The highest BCUT2D eigenvalue weighted by Crippen LogP contribution is 2.25. The normalized spacial score (nSPS) is 14.2. The molecule has 17 heavy (non-hydrogen) atoms. The first-order valence-electron chi connectivity index (χ1n) is 6.02. The molecule has 2 aromatic rings. The highest BCUT2D eigenvalue weighted by molar-refractivity contribution is 5.19. The number of rotatable bonds is 4. The van der Waals surface area contributed by atoms with E-state index in [1.807, 2.05) is 36.4 Å². The fourth-order valence-electron chi connectivity index (χ4n) is 1.91. The van der Waals surface area contributed by atoms with Crippen LogP contribution in [-0.4, -0.2) is 0 Å². The predicted octanol–water partition coefficient (Wildman–Crippen LogP) is 4.53. The van der Waals surface area contributed by atoms with E-state index in [1.54, 1.807) is 0 Å². The van der Waals surface area contributed by atoms with Crippen LogP contribution in [0.3, 0.4) is 0 Å². The van der Waals surface area contributed by atoms with Gasteiger partial charge in [0, 0.05) is 0 Å². The summed E-state index contributed by atoms with van der Waals surface area (Å²) < 4.78 is 6.02. The molecule has 0 saturated heterocycles. The Morgan fingerprint density at radius 3 is 1.35 bits per heavy atom. The lowest BCUT2D eigenvalue weighted by atomic mass is 10.1. The minimum atomic E-state index is 0.117. The third-order valence-electron chi connectivity index (χ3n) is 2.95. The Balaban J connectivity index is 2.02. The highest BCUT2D eigenvalue weighted by Gasteiger charge is 2.11. The third-order valence-corrected chi connectivity index (χ3v) is 2.95. The Hall–Kier alpha value is -1.60. The zero-order valence-corrected chi connectivity index (χ0v) is 10.3. The molecule has 0 fully saturated rings. The third kappa shape index (κ3) is 3.18. The molecule has 0 spiro atoms. The quantitative estimate of drug-likeness (QED) is 0.744. The van der Waals surface area contributed by atoms with Crippen LogP contribution in [0.25, 0.3) is 0 Å². The zero-order chi connectivity index (χ0) is 12.1. The monoisotopic (exact) mass is 226 g/mol. The van der Waals surface area contributed by atoms with Gasteiger partial charge in [-0.1, -0.05) is 60.7 Å². The molecule has 0 heterocycles. The highest BCUT2D eigenvalue weighted by atomic mass is 16.5. The fraction of sp³-hybridized carbons (Fsp3) is 0.250. The van der Waals surface area contributed by atoms with Crippen LogP contribution in [-0.2, 0) is 4.74 Å². The number of hydrogen-bond donors (Lipinski definition) is 0. The second-order valence-electron chi connectivity index (χ2n) is 4.24. The van der Waals surface area contributed by atoms with Crippen LogP contribution in [0.5, 0.6) is 0 Å². The summed E-state index contributed by atoms with van der Waals surface area (Å²) in [4.78, 5) is 0. The van der Waals surface area contributed by atoms with Crippen LogP contribution in [0.2, 0.25) is 0 Å². The molecule has 88 valence electrons. The summed E-state index contributed by atoms with van der Waals surface area (Å²) in [5.41, 5.74) is 2.44. The minimum Gasteiger partial charge on any atom is -0.366 e. The summed E-state index contributed by atoms with van der Waals surface area (Å²) in [6.45, 7) is 4.18. The summed E-state index contributed by atoms with van der Waals surface area (Å²) >= 11 is 0. The average Bonchev–Trinajstić information content (AvgIpc) is 2.40. The first kappa shape index (κ1) is 11.9. The van der Waals surface area contributed by atoms with E-state index in [0.717, 1.165) is 0 Å². The summed E-state index contributed by atoms with van der Waals surface area (Å²) in [6.07, 6.45) is 0.234. The van der Waals surface area contributed by atoms with Gasteiger partial charge >= 0.3 is 0 Å². The van der Waals surface area contributed by atoms with E-state index < -0.39 is 0 Å². The SMILES string of the molecule is C[C@@H](O[C@H](C)c1ccccc1)c1ccccc1. The molecule has 0 aliphatic carbocycles. The molecule has 0 aliphatic rings. The standard InChI is InChI=1S/C16H18O/c1-13(15-9-5-3-6-10-15)17-14(2)16-11-7-4-8-12-16/h3-14H,1-2H3/t13-,14-/m1/s1. The second-order valence-corrected chi connectivity index (χ2v) is 4.24. The van der Waals surface area contributed by atoms with Crippen molar-refractivity contribution < 1.29 is 4.74 Å². The van der Waals surface area contributed by atoms with E-state index in [0.29, 0.717) is 0 Å². The van der Waals surface area contributed by atoms with Crippen LogP contribution < -0.4 is 0 Å². The molecule has 0 aromatic heterocycles. The second kappa shape index (κ2) is 5.65. The molecule has 2 rings (SSSR count). The molecule has 0 N–H and O–H groups in total. The van der Waals surface area contributed by atoms with Gasteiger partial charge in [-0.25, -0.2) is 0 Å². The Labute approximate surface area is 103 Å². The van der Waals surface area contributed by atoms with Crippen molar-refractivity contribution in [1.29, 1.82) is 0 Å². The largest absolute Gasteiger partial charge is 0.366 e. The molecule has 0 bridgehead atoms. The van der Waals surface area contributed by atoms with Crippen molar-refractivity contribution in [3.05, 3.63) is 71.8 Å². The van der Waals surface area contributed by atoms with Crippen LogP contribution in [0.4, 0.5) is 0 Å². The van der Waals surface area contributed by atoms with Gasteiger partial charge in [-0.2, -0.15) is 0 Å². The Morgan fingerprint density at radius 1 is 0.647 bits per heavy atom. The van der Waals surface area contributed by atoms with E-state index in [4.69, 9.17) is 4.74 Å². The molecule has 0 amide bonds. The number of benzene rings is 2. The van der Waals surface area contributed by atoms with Crippen LogP contribution >= 0.6 is 0 Å². The molecule has 1 heteroatoms. The Morgan fingerprint density at radius 2 is 1.00 bits per heavy atom. The molecule has 1 nitrogen and oxygen atoms in total. The summed E-state index contributed by atoms with van der Waals surface area (Å²) in [5.74, 6) is 0. The van der Waals surface area contributed by atoms with E-state index in [9.17, 15) is 0 Å². The summed E-state index contributed by atoms with van der Waals surface area (Å²) in [6, 6.07) is 20.6. The van der Waals surface area contributed by atoms with Gasteiger partial charge in [0.1, 0.15) is 0 Å². The number of ether oxygens (including phenoxy) is 1. The molecule has 2 aromatic carbocycles. The molecule has 0 saturated carbocycles. The first-order valence-corrected chi connectivity index (χ1v) is 6.02. The zero-order valence-electron chi connectivity index (χ0n) is 10.3. The van der Waals surface area contributed by atoms with Crippen molar-refractivity contribution >= 4 is 0 Å². The van der Waals surface area contributed by atoms with Gasteiger partial charge in [0.05, 0.1) is 12.2 Å². The van der Waals surface area contributed by atoms with Gasteiger partial charge in [0.25, 0.3) is 0 Å². The van der Waals surface area contributed by atoms with Crippen LogP contribution in [0.15, 0.2) is 60.7 Å². The van der Waals surface area contributed by atoms with Gasteiger partial charge in [-0.3, -0.25) is 0 Å². The number of hydrogen-bond acceptors (Lipinski definition) is 1. The van der Waals surface area contributed by atoms with Crippen LogP contribution in [0.1, 0.15) is 37.2 Å². The van der Waals surface area contributed by atoms with Gasteiger partial charge in [-0.15, -0.1) is 0 Å². The molecule has 0 unspecified atom stereocenters. The van der Waals surface area contributed by atoms with E-state index in [-0.39, 0.29) is 12.2 Å². The van der Waals surface area contributed by atoms with Crippen molar-refractivity contribution in [1.82, 2.24) is 0 Å². The van der Waals surface area contributed by atoms with Crippen molar-refractivity contribution in [3.63, 3.8) is 0 Å². The summed E-state index contributed by atoms with van der Waals surface area (Å²) in [5, 5.41) is 0. The van der Waals surface area contributed by atoms with Gasteiger partial charge < -0.3 is 4.74 Å². The average molecular weight is 226 g/mol. The Bertz CT molecular complexity index is 392. The van der Waals surface area contributed by atoms with Gasteiger partial charge in [0.2, 0.25) is 0 Å². The van der Waals surface area contributed by atoms with Crippen molar-refractivity contribution in [2.45, 2.75) is 26.1 Å². The topological polar surface area (TPSA) is 9.23 Å².